The van der Waals surface area contributed by atoms with E-state index >= 15 is 0 Å². The number of anilines is 1. The summed E-state index contributed by atoms with van der Waals surface area (Å²) in [4.78, 5) is 23.6. The van der Waals surface area contributed by atoms with Gasteiger partial charge in [-0.2, -0.15) is 5.10 Å². The molecule has 0 bridgehead atoms. The van der Waals surface area contributed by atoms with Gasteiger partial charge in [-0.25, -0.2) is 4.68 Å². The zero-order chi connectivity index (χ0) is 27.8. The first-order valence-electron chi connectivity index (χ1n) is 14.1. The largest absolute Gasteiger partial charge is 0.494 e. The molecule has 8 heteroatoms. The summed E-state index contributed by atoms with van der Waals surface area (Å²) in [6.07, 6.45) is 9.03. The lowest BCUT2D eigenvalue weighted by Gasteiger charge is -2.32. The standard InChI is InChI=1S/C31H40N4O4/c1-4-28-27(20-35(34-28)25-12-9-13-26(18-25)39-5-2)29(22-10-7-6-8-11-22)33-24-16-14-23(15-17-24)30(36)32-19-21(3)31(37)38/h9,12-18,20-22,29,33H,4-8,10-11,19H2,1-3H3,(H,32,36)(H,37,38). The van der Waals surface area contributed by atoms with Gasteiger partial charge in [-0.15, -0.1) is 0 Å². The quantitative estimate of drug-likeness (QED) is 0.264. The van der Waals surface area contributed by atoms with Crippen molar-refractivity contribution in [3.05, 3.63) is 71.5 Å². The predicted molar refractivity (Wildman–Crippen MR) is 153 cm³/mol. The molecule has 1 aliphatic carbocycles. The van der Waals surface area contributed by atoms with Crippen LogP contribution < -0.4 is 15.4 Å². The van der Waals surface area contributed by atoms with E-state index in [-0.39, 0.29) is 18.5 Å². The number of rotatable bonds is 12. The minimum Gasteiger partial charge on any atom is -0.494 e. The summed E-state index contributed by atoms with van der Waals surface area (Å²) in [7, 11) is 0. The van der Waals surface area contributed by atoms with Gasteiger partial charge in [0, 0.05) is 35.6 Å². The van der Waals surface area contributed by atoms with Crippen molar-refractivity contribution < 1.29 is 19.4 Å². The number of aromatic nitrogens is 2. The van der Waals surface area contributed by atoms with Gasteiger partial charge in [0.2, 0.25) is 0 Å². The number of amides is 1. The molecule has 0 spiro atoms. The van der Waals surface area contributed by atoms with E-state index < -0.39 is 11.9 Å². The van der Waals surface area contributed by atoms with E-state index in [1.54, 1.807) is 19.1 Å². The monoisotopic (exact) mass is 532 g/mol. The molecule has 1 heterocycles. The Labute approximate surface area is 230 Å². The van der Waals surface area contributed by atoms with Crippen LogP contribution in [0.2, 0.25) is 0 Å². The van der Waals surface area contributed by atoms with Gasteiger partial charge >= 0.3 is 5.97 Å². The van der Waals surface area contributed by atoms with Gasteiger partial charge in [-0.05, 0) is 68.5 Å². The van der Waals surface area contributed by atoms with Gasteiger partial charge in [0.05, 0.1) is 29.9 Å². The van der Waals surface area contributed by atoms with E-state index in [1.807, 2.05) is 48.0 Å². The third-order valence-electron chi connectivity index (χ3n) is 7.47. The summed E-state index contributed by atoms with van der Waals surface area (Å²) >= 11 is 0. The number of carbonyl (C=O) groups excluding carboxylic acids is 1. The van der Waals surface area contributed by atoms with Crippen LogP contribution in [0.1, 0.15) is 80.5 Å². The van der Waals surface area contributed by atoms with Crippen LogP contribution in [0.3, 0.4) is 0 Å². The number of nitrogens with zero attached hydrogens (tertiary/aromatic N) is 2. The number of carboxylic acids is 1. The minimum atomic E-state index is -0.930. The van der Waals surface area contributed by atoms with E-state index in [0.717, 1.165) is 42.1 Å². The normalized spacial score (nSPS) is 15.4. The first-order chi connectivity index (χ1) is 18.9. The molecule has 3 aromatic rings. The summed E-state index contributed by atoms with van der Waals surface area (Å²) in [6, 6.07) is 15.5. The fraction of sp³-hybridized carbons (Fsp3) is 0.452. The highest BCUT2D eigenvalue weighted by Gasteiger charge is 2.29. The van der Waals surface area contributed by atoms with Crippen LogP contribution in [0.25, 0.3) is 5.69 Å². The van der Waals surface area contributed by atoms with Crippen molar-refractivity contribution >= 4 is 17.6 Å². The molecule has 0 aliphatic heterocycles. The Balaban J connectivity index is 1.57. The Morgan fingerprint density at radius 2 is 1.85 bits per heavy atom. The number of hydrogen-bond donors (Lipinski definition) is 3. The predicted octanol–water partition coefficient (Wildman–Crippen LogP) is 6.02. The summed E-state index contributed by atoms with van der Waals surface area (Å²) in [5.41, 5.74) is 4.69. The number of nitrogens with one attached hydrogen (secondary N) is 2. The first-order valence-corrected chi connectivity index (χ1v) is 14.1. The third-order valence-corrected chi connectivity index (χ3v) is 7.47. The van der Waals surface area contributed by atoms with Crippen LogP contribution in [0, 0.1) is 11.8 Å². The Kier molecular flexibility index (Phi) is 9.63. The first kappa shape index (κ1) is 28.2. The van der Waals surface area contributed by atoms with Crippen molar-refractivity contribution in [3.63, 3.8) is 0 Å². The number of carbonyl (C=O) groups is 2. The number of ether oxygens (including phenoxy) is 1. The molecule has 2 unspecified atom stereocenters. The van der Waals surface area contributed by atoms with E-state index in [2.05, 4.69) is 23.8 Å². The van der Waals surface area contributed by atoms with Crippen molar-refractivity contribution in [2.45, 2.75) is 65.3 Å². The van der Waals surface area contributed by atoms with E-state index in [4.69, 9.17) is 14.9 Å². The lowest BCUT2D eigenvalue weighted by molar-refractivity contribution is -0.140. The van der Waals surface area contributed by atoms with Crippen molar-refractivity contribution in [1.82, 2.24) is 15.1 Å². The van der Waals surface area contributed by atoms with E-state index in [1.165, 1.54) is 24.8 Å². The molecule has 0 radical (unpaired) electrons. The number of benzene rings is 2. The fourth-order valence-electron chi connectivity index (χ4n) is 5.22. The van der Waals surface area contributed by atoms with Gasteiger partial charge in [-0.3, -0.25) is 9.59 Å². The SMILES string of the molecule is CCOc1cccc(-n2cc(C(Nc3ccc(C(=O)NCC(C)C(=O)O)cc3)C3CCCCC3)c(CC)n2)c1. The molecule has 8 nitrogen and oxygen atoms in total. The maximum Gasteiger partial charge on any atom is 0.308 e. The van der Waals surface area contributed by atoms with Crippen molar-refractivity contribution in [3.8, 4) is 11.4 Å². The molecule has 1 saturated carbocycles. The van der Waals surface area contributed by atoms with Crippen LogP contribution >= 0.6 is 0 Å². The molecule has 4 rings (SSSR count). The molecule has 1 aliphatic rings. The number of aliphatic carboxylic acids is 1. The Bertz CT molecular complexity index is 1250. The van der Waals surface area contributed by atoms with E-state index in [0.29, 0.717) is 18.1 Å². The molecular formula is C31H40N4O4. The summed E-state index contributed by atoms with van der Waals surface area (Å²) in [6.45, 7) is 6.40. The van der Waals surface area contributed by atoms with Crippen molar-refractivity contribution in [2.24, 2.45) is 11.8 Å². The molecule has 1 fully saturated rings. The molecule has 0 saturated heterocycles. The third kappa shape index (κ3) is 7.19. The van der Waals surface area contributed by atoms with Crippen LogP contribution in [0.5, 0.6) is 5.75 Å². The topological polar surface area (TPSA) is 105 Å². The second-order valence-electron chi connectivity index (χ2n) is 10.3. The summed E-state index contributed by atoms with van der Waals surface area (Å²) in [5.74, 6) is -0.533. The lowest BCUT2D eigenvalue weighted by atomic mass is 9.81. The van der Waals surface area contributed by atoms with Gasteiger partial charge in [0.15, 0.2) is 0 Å². The van der Waals surface area contributed by atoms with Crippen LogP contribution in [-0.2, 0) is 11.2 Å². The summed E-state index contributed by atoms with van der Waals surface area (Å²) in [5, 5.41) is 20.5. The molecule has 1 amide bonds. The Morgan fingerprint density at radius 3 is 2.51 bits per heavy atom. The zero-order valence-corrected chi connectivity index (χ0v) is 23.2. The van der Waals surface area contributed by atoms with Crippen LogP contribution in [0.4, 0.5) is 5.69 Å². The number of carboxylic acid groups (broad SMARTS) is 1. The highest BCUT2D eigenvalue weighted by Crippen LogP contribution is 2.38. The molecule has 208 valence electrons. The Hall–Kier alpha value is -3.81. The Morgan fingerprint density at radius 1 is 1.10 bits per heavy atom. The molecule has 2 aromatic carbocycles. The molecule has 3 N–H and O–H groups in total. The average Bonchev–Trinajstić information content (AvgIpc) is 3.40. The van der Waals surface area contributed by atoms with Gasteiger partial charge < -0.3 is 20.5 Å². The highest BCUT2D eigenvalue weighted by molar-refractivity contribution is 5.94. The van der Waals surface area contributed by atoms with E-state index in [9.17, 15) is 9.59 Å². The van der Waals surface area contributed by atoms with Crippen LogP contribution in [-0.4, -0.2) is 39.9 Å². The maximum absolute atomic E-state index is 12.5. The van der Waals surface area contributed by atoms with Gasteiger partial charge in [-0.1, -0.05) is 39.2 Å². The van der Waals surface area contributed by atoms with Gasteiger partial charge in [0.25, 0.3) is 5.91 Å². The minimum absolute atomic E-state index is 0.0924. The maximum atomic E-state index is 12.5. The molecular weight excluding hydrogens is 492 g/mol. The molecule has 1 aromatic heterocycles. The smallest absolute Gasteiger partial charge is 0.308 e. The lowest BCUT2D eigenvalue weighted by Crippen LogP contribution is -2.31. The zero-order valence-electron chi connectivity index (χ0n) is 23.2. The van der Waals surface area contributed by atoms with Gasteiger partial charge in [0.1, 0.15) is 5.75 Å². The number of aryl methyl sites for hydroxylation is 1. The second-order valence-corrected chi connectivity index (χ2v) is 10.3. The average molecular weight is 533 g/mol. The van der Waals surface area contributed by atoms with Crippen molar-refractivity contribution in [2.75, 3.05) is 18.5 Å². The highest BCUT2D eigenvalue weighted by atomic mass is 16.5. The number of hydrogen-bond acceptors (Lipinski definition) is 5. The van der Waals surface area contributed by atoms with Crippen molar-refractivity contribution in [1.29, 1.82) is 0 Å². The molecule has 39 heavy (non-hydrogen) atoms. The fourth-order valence-corrected chi connectivity index (χ4v) is 5.22. The summed E-state index contributed by atoms with van der Waals surface area (Å²) < 4.78 is 7.67. The molecule has 2 atom stereocenters. The van der Waals surface area contributed by atoms with Crippen LogP contribution in [0.15, 0.2) is 54.7 Å². The second kappa shape index (κ2) is 13.3.